The predicted octanol–water partition coefficient (Wildman–Crippen LogP) is 3.14. The van der Waals surface area contributed by atoms with E-state index in [-0.39, 0.29) is 0 Å². The lowest BCUT2D eigenvalue weighted by atomic mass is 10.4. The summed E-state index contributed by atoms with van der Waals surface area (Å²) in [4.78, 5) is 20.4. The van der Waals surface area contributed by atoms with E-state index in [1.165, 1.54) is 4.90 Å². The zero-order valence-corrected chi connectivity index (χ0v) is 14.0. The highest BCUT2D eigenvalue weighted by Gasteiger charge is 2.00. The molecule has 1 aromatic carbocycles. The van der Waals surface area contributed by atoms with E-state index in [9.17, 15) is 9.59 Å². The third-order valence-electron chi connectivity index (χ3n) is 2.23. The average Bonchev–Trinajstić information content (AvgIpc) is 2.45. The molecule has 3 N–H and O–H groups in total. The molecule has 1 rings (SSSR count). The third kappa shape index (κ3) is 12.3. The quantitative estimate of drug-likeness (QED) is 0.520. The predicted molar refractivity (Wildman–Crippen MR) is 89.7 cm³/mol. The van der Waals surface area contributed by atoms with E-state index in [1.807, 2.05) is 23.9 Å². The first-order valence-corrected chi connectivity index (χ1v) is 7.97. The Morgan fingerprint density at radius 1 is 1.23 bits per heavy atom. The number of carboxylic acid groups (broad SMARTS) is 2. The van der Waals surface area contributed by atoms with Crippen LogP contribution in [0.5, 0.6) is 0 Å². The number of nitrogens with one attached hydrogen (secondary N) is 1. The van der Waals surface area contributed by atoms with E-state index in [4.69, 9.17) is 21.8 Å². The van der Waals surface area contributed by atoms with E-state index in [1.54, 1.807) is 0 Å². The van der Waals surface area contributed by atoms with Gasteiger partial charge < -0.3 is 15.5 Å². The first-order valence-electron chi connectivity index (χ1n) is 6.60. The highest BCUT2D eigenvalue weighted by atomic mass is 35.5. The molecular weight excluding hydrogens is 326 g/mol. The first-order chi connectivity index (χ1) is 10.3. The van der Waals surface area contributed by atoms with Crippen LogP contribution in [0, 0.1) is 0 Å². The number of carboxylic acids is 2. The van der Waals surface area contributed by atoms with E-state index in [2.05, 4.69) is 31.3 Å². The van der Waals surface area contributed by atoms with Gasteiger partial charge in [-0.05, 0) is 37.7 Å². The van der Waals surface area contributed by atoms with Crippen molar-refractivity contribution in [1.82, 2.24) is 5.32 Å². The summed E-state index contributed by atoms with van der Waals surface area (Å²) in [6.45, 7) is 5.36. The molecule has 0 saturated heterocycles. The maximum absolute atomic E-state index is 9.55. The number of rotatable bonds is 7. The topological polar surface area (TPSA) is 86.6 Å². The van der Waals surface area contributed by atoms with Crippen molar-refractivity contribution in [2.24, 2.45) is 0 Å². The van der Waals surface area contributed by atoms with Crippen LogP contribution in [0.2, 0.25) is 5.02 Å². The van der Waals surface area contributed by atoms with Crippen LogP contribution in [0.3, 0.4) is 0 Å². The standard InChI is InChI=1S/C11H16ClNS.C4H4O4/c1-3-13-9(2)8-14-11-6-4-10(12)5-7-11;5-3(6)1-2-4(7)8/h4-7,9,13H,3,8H2,1-2H3;1-2H,(H,5,6)(H,7,8)/b;2-1+. The lowest BCUT2D eigenvalue weighted by molar-refractivity contribution is -0.134. The van der Waals surface area contributed by atoms with Crippen LogP contribution in [0.25, 0.3) is 0 Å². The Labute approximate surface area is 139 Å². The smallest absolute Gasteiger partial charge is 0.328 e. The van der Waals surface area contributed by atoms with Gasteiger partial charge in [0.05, 0.1) is 0 Å². The van der Waals surface area contributed by atoms with Gasteiger partial charge in [-0.15, -0.1) is 11.8 Å². The summed E-state index contributed by atoms with van der Waals surface area (Å²) >= 11 is 7.66. The Balaban J connectivity index is 0.000000472. The van der Waals surface area contributed by atoms with Crippen LogP contribution in [-0.4, -0.2) is 40.5 Å². The number of halogens is 1. The van der Waals surface area contributed by atoms with Gasteiger partial charge >= 0.3 is 11.9 Å². The van der Waals surface area contributed by atoms with E-state index in [0.29, 0.717) is 18.2 Å². The highest BCUT2D eigenvalue weighted by Crippen LogP contribution is 2.20. The van der Waals surface area contributed by atoms with Crippen molar-refractivity contribution in [3.63, 3.8) is 0 Å². The van der Waals surface area contributed by atoms with Crippen molar-refractivity contribution in [1.29, 1.82) is 0 Å². The Kier molecular flexibility index (Phi) is 11.3. The highest BCUT2D eigenvalue weighted by molar-refractivity contribution is 7.99. The van der Waals surface area contributed by atoms with Crippen LogP contribution >= 0.6 is 23.4 Å². The fraction of sp³-hybridized carbons (Fsp3) is 0.333. The van der Waals surface area contributed by atoms with E-state index < -0.39 is 11.9 Å². The number of thioether (sulfide) groups is 1. The van der Waals surface area contributed by atoms with Crippen LogP contribution < -0.4 is 5.32 Å². The van der Waals surface area contributed by atoms with E-state index >= 15 is 0 Å². The Hall–Kier alpha value is -1.50. The summed E-state index contributed by atoms with van der Waals surface area (Å²) in [6.07, 6.45) is 1.12. The fourth-order valence-electron chi connectivity index (χ4n) is 1.30. The maximum Gasteiger partial charge on any atom is 0.328 e. The van der Waals surface area contributed by atoms with Gasteiger partial charge in [0.2, 0.25) is 0 Å². The summed E-state index contributed by atoms with van der Waals surface area (Å²) in [5.74, 6) is -1.42. The summed E-state index contributed by atoms with van der Waals surface area (Å²) in [5.41, 5.74) is 0. The van der Waals surface area contributed by atoms with Gasteiger partial charge in [-0.1, -0.05) is 18.5 Å². The van der Waals surface area contributed by atoms with Crippen LogP contribution in [0.15, 0.2) is 41.3 Å². The summed E-state index contributed by atoms with van der Waals surface area (Å²) < 4.78 is 0. The monoisotopic (exact) mass is 345 g/mol. The number of hydrogen-bond acceptors (Lipinski definition) is 4. The van der Waals surface area contributed by atoms with E-state index in [0.717, 1.165) is 17.3 Å². The number of carbonyl (C=O) groups is 2. The van der Waals surface area contributed by atoms with Gasteiger partial charge in [0, 0.05) is 33.9 Å². The first kappa shape index (κ1) is 20.5. The number of aliphatic carboxylic acids is 2. The molecule has 0 amide bonds. The van der Waals surface area contributed by atoms with Crippen molar-refractivity contribution in [3.05, 3.63) is 41.4 Å². The molecular formula is C15H20ClNO4S. The minimum absolute atomic E-state index is 0.556. The van der Waals surface area contributed by atoms with Crippen molar-refractivity contribution >= 4 is 35.3 Å². The van der Waals surface area contributed by atoms with Gasteiger partial charge in [0.25, 0.3) is 0 Å². The minimum Gasteiger partial charge on any atom is -0.478 e. The lowest BCUT2D eigenvalue weighted by Gasteiger charge is -2.11. The van der Waals surface area contributed by atoms with Crippen LogP contribution in [0.1, 0.15) is 13.8 Å². The molecule has 0 aliphatic heterocycles. The van der Waals surface area contributed by atoms with Gasteiger partial charge in [-0.25, -0.2) is 9.59 Å². The van der Waals surface area contributed by atoms with Crippen molar-refractivity contribution in [3.8, 4) is 0 Å². The van der Waals surface area contributed by atoms with Crippen LogP contribution in [-0.2, 0) is 9.59 Å². The molecule has 22 heavy (non-hydrogen) atoms. The molecule has 0 saturated carbocycles. The third-order valence-corrected chi connectivity index (χ3v) is 3.76. The SMILES string of the molecule is CCNC(C)CSc1ccc(Cl)cc1.O=C(O)/C=C/C(=O)O. The lowest BCUT2D eigenvalue weighted by Crippen LogP contribution is -2.27. The van der Waals surface area contributed by atoms with Gasteiger partial charge in [-0.2, -0.15) is 0 Å². The normalized spacial score (nSPS) is 11.6. The van der Waals surface area contributed by atoms with Gasteiger partial charge in [0.15, 0.2) is 0 Å². The molecule has 1 atom stereocenters. The molecule has 0 spiro atoms. The molecule has 0 bridgehead atoms. The summed E-state index contributed by atoms with van der Waals surface area (Å²) in [6, 6.07) is 8.54. The molecule has 0 aromatic heterocycles. The van der Waals surface area contributed by atoms with Gasteiger partial charge in [0.1, 0.15) is 0 Å². The molecule has 0 heterocycles. The Morgan fingerprint density at radius 3 is 2.14 bits per heavy atom. The zero-order chi connectivity index (χ0) is 17.0. The van der Waals surface area contributed by atoms with Crippen molar-refractivity contribution < 1.29 is 19.8 Å². The van der Waals surface area contributed by atoms with Gasteiger partial charge in [-0.3, -0.25) is 0 Å². The summed E-state index contributed by atoms with van der Waals surface area (Å²) in [5, 5.41) is 19.8. The molecule has 1 unspecified atom stereocenters. The molecule has 1 aromatic rings. The molecule has 0 radical (unpaired) electrons. The number of hydrogen-bond donors (Lipinski definition) is 3. The second kappa shape index (κ2) is 12.1. The second-order valence-corrected chi connectivity index (χ2v) is 5.76. The molecule has 7 heteroatoms. The Morgan fingerprint density at radius 2 is 1.73 bits per heavy atom. The second-order valence-electron chi connectivity index (χ2n) is 4.23. The molecule has 5 nitrogen and oxygen atoms in total. The van der Waals surface area contributed by atoms with Crippen molar-refractivity contribution in [2.45, 2.75) is 24.8 Å². The minimum atomic E-state index is -1.26. The fourth-order valence-corrected chi connectivity index (χ4v) is 2.32. The summed E-state index contributed by atoms with van der Waals surface area (Å²) in [7, 11) is 0. The molecule has 0 aliphatic rings. The average molecular weight is 346 g/mol. The Bertz CT molecular complexity index is 475. The number of benzene rings is 1. The van der Waals surface area contributed by atoms with Crippen LogP contribution in [0.4, 0.5) is 0 Å². The largest absolute Gasteiger partial charge is 0.478 e. The molecule has 122 valence electrons. The maximum atomic E-state index is 9.55. The molecule has 0 fully saturated rings. The zero-order valence-electron chi connectivity index (χ0n) is 12.5. The van der Waals surface area contributed by atoms with Crippen molar-refractivity contribution in [2.75, 3.05) is 12.3 Å². The molecule has 0 aliphatic carbocycles.